The Morgan fingerprint density at radius 1 is 1.23 bits per heavy atom. The van der Waals surface area contributed by atoms with E-state index in [9.17, 15) is 9.90 Å². The van der Waals surface area contributed by atoms with Crippen LogP contribution >= 0.6 is 0 Å². The standard InChI is InChI=1S/C18H18N2O2/c1-12-4-2-3-5-15(12)17(21)11-20-18(22)14-7-6-13-8-9-19-16(13)10-14/h2-10,17,19,21H,11H2,1H3,(H,20,22). The third-order valence-corrected chi connectivity index (χ3v) is 3.82. The van der Waals surface area contributed by atoms with Crippen LogP contribution in [0.5, 0.6) is 0 Å². The minimum absolute atomic E-state index is 0.187. The number of amides is 1. The van der Waals surface area contributed by atoms with Gasteiger partial charge >= 0.3 is 0 Å². The first-order chi connectivity index (χ1) is 10.6. The molecular formula is C18H18N2O2. The van der Waals surface area contributed by atoms with Crippen LogP contribution in [0.4, 0.5) is 0 Å². The van der Waals surface area contributed by atoms with Gasteiger partial charge in [0, 0.05) is 23.8 Å². The van der Waals surface area contributed by atoms with Gasteiger partial charge in [-0.15, -0.1) is 0 Å². The topological polar surface area (TPSA) is 65.1 Å². The molecule has 0 aliphatic heterocycles. The molecule has 0 fully saturated rings. The highest BCUT2D eigenvalue weighted by Gasteiger charge is 2.12. The highest BCUT2D eigenvalue weighted by atomic mass is 16.3. The van der Waals surface area contributed by atoms with E-state index in [4.69, 9.17) is 0 Å². The Labute approximate surface area is 128 Å². The van der Waals surface area contributed by atoms with E-state index < -0.39 is 6.10 Å². The number of aromatic amines is 1. The molecule has 112 valence electrons. The molecule has 2 aromatic carbocycles. The third-order valence-electron chi connectivity index (χ3n) is 3.82. The van der Waals surface area contributed by atoms with E-state index in [1.54, 1.807) is 6.07 Å². The Balaban J connectivity index is 1.68. The van der Waals surface area contributed by atoms with Crippen molar-refractivity contribution in [1.82, 2.24) is 10.3 Å². The van der Waals surface area contributed by atoms with E-state index in [0.29, 0.717) is 5.56 Å². The SMILES string of the molecule is Cc1ccccc1C(O)CNC(=O)c1ccc2cc[nH]c2c1. The van der Waals surface area contributed by atoms with Gasteiger partial charge in [-0.2, -0.15) is 0 Å². The Kier molecular flexibility index (Phi) is 3.94. The molecule has 0 aliphatic carbocycles. The molecule has 0 aliphatic rings. The van der Waals surface area contributed by atoms with Crippen molar-refractivity contribution >= 4 is 16.8 Å². The van der Waals surface area contributed by atoms with Crippen LogP contribution in [0.15, 0.2) is 54.7 Å². The zero-order valence-electron chi connectivity index (χ0n) is 12.3. The fraction of sp³-hybridized carbons (Fsp3) is 0.167. The number of hydrogen-bond donors (Lipinski definition) is 3. The molecule has 4 heteroatoms. The number of carbonyl (C=O) groups excluding carboxylic acids is 1. The molecule has 1 heterocycles. The third kappa shape index (κ3) is 2.87. The summed E-state index contributed by atoms with van der Waals surface area (Å²) in [5.41, 5.74) is 3.35. The number of aromatic nitrogens is 1. The first kappa shape index (κ1) is 14.4. The number of benzene rings is 2. The Morgan fingerprint density at radius 2 is 2.05 bits per heavy atom. The number of H-pyrrole nitrogens is 1. The second kappa shape index (κ2) is 6.03. The number of carbonyl (C=O) groups is 1. The average molecular weight is 294 g/mol. The lowest BCUT2D eigenvalue weighted by atomic mass is 10.0. The molecule has 1 aromatic heterocycles. The van der Waals surface area contributed by atoms with Crippen molar-refractivity contribution in [2.24, 2.45) is 0 Å². The van der Waals surface area contributed by atoms with Crippen LogP contribution < -0.4 is 5.32 Å². The number of fused-ring (bicyclic) bond motifs is 1. The number of aryl methyl sites for hydroxylation is 1. The zero-order valence-corrected chi connectivity index (χ0v) is 12.3. The van der Waals surface area contributed by atoms with Gasteiger partial charge in [0.15, 0.2) is 0 Å². The van der Waals surface area contributed by atoms with Gasteiger partial charge in [0.1, 0.15) is 0 Å². The summed E-state index contributed by atoms with van der Waals surface area (Å²) in [5, 5.41) is 14.1. The summed E-state index contributed by atoms with van der Waals surface area (Å²) in [5.74, 6) is -0.191. The minimum atomic E-state index is -0.709. The van der Waals surface area contributed by atoms with Crippen LogP contribution in [-0.2, 0) is 0 Å². The molecule has 3 N–H and O–H groups in total. The summed E-state index contributed by atoms with van der Waals surface area (Å²) < 4.78 is 0. The van der Waals surface area contributed by atoms with Crippen molar-refractivity contribution in [1.29, 1.82) is 0 Å². The lowest BCUT2D eigenvalue weighted by Gasteiger charge is -2.14. The van der Waals surface area contributed by atoms with E-state index in [1.165, 1.54) is 0 Å². The largest absolute Gasteiger partial charge is 0.387 e. The summed E-state index contributed by atoms with van der Waals surface area (Å²) in [7, 11) is 0. The number of aliphatic hydroxyl groups excluding tert-OH is 1. The lowest BCUT2D eigenvalue weighted by molar-refractivity contribution is 0.0916. The predicted octanol–water partition coefficient (Wildman–Crippen LogP) is 2.94. The first-order valence-corrected chi connectivity index (χ1v) is 7.24. The van der Waals surface area contributed by atoms with Gasteiger partial charge in [-0.05, 0) is 41.6 Å². The maximum Gasteiger partial charge on any atom is 0.251 e. The van der Waals surface area contributed by atoms with Gasteiger partial charge in [0.05, 0.1) is 6.10 Å². The van der Waals surface area contributed by atoms with Crippen molar-refractivity contribution in [2.75, 3.05) is 6.54 Å². The van der Waals surface area contributed by atoms with Crippen LogP contribution in [0.1, 0.15) is 27.6 Å². The van der Waals surface area contributed by atoms with Gasteiger partial charge in [-0.25, -0.2) is 0 Å². The number of aliphatic hydroxyl groups is 1. The van der Waals surface area contributed by atoms with Crippen LogP contribution in [0.3, 0.4) is 0 Å². The summed E-state index contributed by atoms with van der Waals surface area (Å²) >= 11 is 0. The zero-order chi connectivity index (χ0) is 15.5. The van der Waals surface area contributed by atoms with Gasteiger partial charge in [-0.3, -0.25) is 4.79 Å². The van der Waals surface area contributed by atoms with Gasteiger partial charge in [-0.1, -0.05) is 30.3 Å². The van der Waals surface area contributed by atoms with E-state index in [-0.39, 0.29) is 12.5 Å². The average Bonchev–Trinajstić information content (AvgIpc) is 3.00. The molecule has 0 saturated heterocycles. The van der Waals surface area contributed by atoms with E-state index >= 15 is 0 Å². The quantitative estimate of drug-likeness (QED) is 0.692. The van der Waals surface area contributed by atoms with Crippen molar-refractivity contribution in [3.05, 3.63) is 71.4 Å². The van der Waals surface area contributed by atoms with Crippen LogP contribution in [0, 0.1) is 6.92 Å². The van der Waals surface area contributed by atoms with Crippen molar-refractivity contribution in [2.45, 2.75) is 13.0 Å². The number of nitrogens with one attached hydrogen (secondary N) is 2. The molecule has 1 unspecified atom stereocenters. The Morgan fingerprint density at radius 3 is 2.86 bits per heavy atom. The molecule has 3 rings (SSSR count). The highest BCUT2D eigenvalue weighted by Crippen LogP contribution is 2.17. The maximum atomic E-state index is 12.2. The molecule has 0 bridgehead atoms. The number of rotatable bonds is 4. The van der Waals surface area contributed by atoms with E-state index in [2.05, 4.69) is 10.3 Å². The highest BCUT2D eigenvalue weighted by molar-refractivity contribution is 5.97. The van der Waals surface area contributed by atoms with Crippen LogP contribution in [-0.4, -0.2) is 22.5 Å². The molecule has 1 amide bonds. The smallest absolute Gasteiger partial charge is 0.251 e. The molecular weight excluding hydrogens is 276 g/mol. The molecule has 0 spiro atoms. The Bertz CT molecular complexity index is 807. The predicted molar refractivity (Wildman–Crippen MR) is 86.8 cm³/mol. The summed E-state index contributed by atoms with van der Waals surface area (Å²) in [6.45, 7) is 2.13. The van der Waals surface area contributed by atoms with Crippen molar-refractivity contribution in [3.8, 4) is 0 Å². The summed E-state index contributed by atoms with van der Waals surface area (Å²) in [4.78, 5) is 15.3. The van der Waals surface area contributed by atoms with Crippen LogP contribution in [0.2, 0.25) is 0 Å². The number of hydrogen-bond acceptors (Lipinski definition) is 2. The molecule has 1 atom stereocenters. The van der Waals surface area contributed by atoms with Gasteiger partial charge < -0.3 is 15.4 Å². The second-order valence-corrected chi connectivity index (χ2v) is 5.36. The monoisotopic (exact) mass is 294 g/mol. The minimum Gasteiger partial charge on any atom is -0.387 e. The first-order valence-electron chi connectivity index (χ1n) is 7.24. The van der Waals surface area contributed by atoms with E-state index in [1.807, 2.05) is 55.6 Å². The van der Waals surface area contributed by atoms with Gasteiger partial charge in [0.2, 0.25) is 0 Å². The molecule has 3 aromatic rings. The molecule has 0 saturated carbocycles. The lowest BCUT2D eigenvalue weighted by Crippen LogP contribution is -2.28. The maximum absolute atomic E-state index is 12.2. The second-order valence-electron chi connectivity index (χ2n) is 5.36. The molecule has 22 heavy (non-hydrogen) atoms. The fourth-order valence-electron chi connectivity index (χ4n) is 2.55. The van der Waals surface area contributed by atoms with Gasteiger partial charge in [0.25, 0.3) is 5.91 Å². The normalized spacial score (nSPS) is 12.3. The van der Waals surface area contributed by atoms with Crippen molar-refractivity contribution < 1.29 is 9.90 Å². The summed E-state index contributed by atoms with van der Waals surface area (Å²) in [6, 6.07) is 15.1. The Hall–Kier alpha value is -2.59. The van der Waals surface area contributed by atoms with E-state index in [0.717, 1.165) is 22.0 Å². The van der Waals surface area contributed by atoms with Crippen molar-refractivity contribution in [3.63, 3.8) is 0 Å². The molecule has 4 nitrogen and oxygen atoms in total. The molecule has 0 radical (unpaired) electrons. The van der Waals surface area contributed by atoms with Crippen LogP contribution in [0.25, 0.3) is 10.9 Å². The fourth-order valence-corrected chi connectivity index (χ4v) is 2.55. The summed E-state index contributed by atoms with van der Waals surface area (Å²) in [6.07, 6.45) is 1.13.